The first-order valence-corrected chi connectivity index (χ1v) is 4.60. The van der Waals surface area contributed by atoms with Crippen molar-refractivity contribution in [3.05, 3.63) is 30.3 Å². The number of phenols is 1. The van der Waals surface area contributed by atoms with Crippen LogP contribution in [0, 0.1) is 0 Å². The van der Waals surface area contributed by atoms with Crippen molar-refractivity contribution in [2.75, 3.05) is 14.2 Å². The van der Waals surface area contributed by atoms with Crippen LogP contribution in [-0.2, 0) is 0 Å². The van der Waals surface area contributed by atoms with E-state index in [1.54, 1.807) is 7.11 Å². The van der Waals surface area contributed by atoms with Crippen LogP contribution in [0.15, 0.2) is 30.3 Å². The predicted octanol–water partition coefficient (Wildman–Crippen LogP) is 2.56. The van der Waals surface area contributed by atoms with Gasteiger partial charge in [0.2, 0.25) is 5.75 Å². The molecule has 0 spiro atoms. The van der Waals surface area contributed by atoms with E-state index in [-0.39, 0.29) is 5.75 Å². The van der Waals surface area contributed by atoms with Gasteiger partial charge in [0, 0.05) is 5.39 Å². The lowest BCUT2D eigenvalue weighted by Gasteiger charge is -2.11. The van der Waals surface area contributed by atoms with Gasteiger partial charge >= 0.3 is 0 Å². The third kappa shape index (κ3) is 1.46. The van der Waals surface area contributed by atoms with Crippen molar-refractivity contribution >= 4 is 10.8 Å². The fourth-order valence-electron chi connectivity index (χ4n) is 1.63. The Kier molecular flexibility index (Phi) is 2.37. The van der Waals surface area contributed by atoms with Crippen LogP contribution in [0.5, 0.6) is 17.2 Å². The Hall–Kier alpha value is -1.90. The van der Waals surface area contributed by atoms with Crippen molar-refractivity contribution in [1.29, 1.82) is 0 Å². The monoisotopic (exact) mass is 204 g/mol. The van der Waals surface area contributed by atoms with E-state index >= 15 is 0 Å². The lowest BCUT2D eigenvalue weighted by molar-refractivity contribution is 0.335. The van der Waals surface area contributed by atoms with E-state index in [1.165, 1.54) is 7.11 Å². The molecule has 0 aromatic heterocycles. The number of fused-ring (bicyclic) bond motifs is 1. The van der Waals surface area contributed by atoms with Crippen molar-refractivity contribution in [2.24, 2.45) is 0 Å². The SMILES string of the molecule is COc1cc2ccccc2c(O)c1OC. The predicted molar refractivity (Wildman–Crippen MR) is 58.7 cm³/mol. The van der Waals surface area contributed by atoms with Gasteiger partial charge in [-0.3, -0.25) is 0 Å². The zero-order chi connectivity index (χ0) is 10.8. The van der Waals surface area contributed by atoms with Gasteiger partial charge in [-0.1, -0.05) is 24.3 Å². The van der Waals surface area contributed by atoms with Crippen molar-refractivity contribution in [3.63, 3.8) is 0 Å². The molecule has 0 unspecified atom stereocenters. The fourth-order valence-corrected chi connectivity index (χ4v) is 1.63. The lowest BCUT2D eigenvalue weighted by atomic mass is 10.1. The highest BCUT2D eigenvalue weighted by Gasteiger charge is 2.13. The fraction of sp³-hybridized carbons (Fsp3) is 0.167. The lowest BCUT2D eigenvalue weighted by Crippen LogP contribution is -1.91. The van der Waals surface area contributed by atoms with Crippen LogP contribution in [0.4, 0.5) is 0 Å². The van der Waals surface area contributed by atoms with Crippen LogP contribution in [0.2, 0.25) is 0 Å². The summed E-state index contributed by atoms with van der Waals surface area (Å²) in [5.41, 5.74) is 0. The zero-order valence-electron chi connectivity index (χ0n) is 8.65. The average molecular weight is 204 g/mol. The highest BCUT2D eigenvalue weighted by atomic mass is 16.5. The molecular weight excluding hydrogens is 192 g/mol. The Morgan fingerprint density at radius 1 is 1.07 bits per heavy atom. The van der Waals surface area contributed by atoms with Crippen LogP contribution in [0.1, 0.15) is 0 Å². The van der Waals surface area contributed by atoms with Crippen LogP contribution in [0.3, 0.4) is 0 Å². The molecule has 0 amide bonds. The van der Waals surface area contributed by atoms with Crippen molar-refractivity contribution in [1.82, 2.24) is 0 Å². The number of aromatic hydroxyl groups is 1. The highest BCUT2D eigenvalue weighted by molar-refractivity contribution is 5.92. The maximum Gasteiger partial charge on any atom is 0.203 e. The van der Waals surface area contributed by atoms with Gasteiger partial charge in [-0.25, -0.2) is 0 Å². The molecule has 0 aliphatic heterocycles. The summed E-state index contributed by atoms with van der Waals surface area (Å²) in [7, 11) is 3.05. The summed E-state index contributed by atoms with van der Waals surface area (Å²) in [5.74, 6) is 1.03. The number of rotatable bonds is 2. The smallest absolute Gasteiger partial charge is 0.203 e. The summed E-state index contributed by atoms with van der Waals surface area (Å²) in [6, 6.07) is 9.37. The molecule has 0 saturated heterocycles. The summed E-state index contributed by atoms with van der Waals surface area (Å²) >= 11 is 0. The Labute approximate surface area is 87.9 Å². The molecule has 0 aliphatic rings. The van der Waals surface area contributed by atoms with Gasteiger partial charge in [0.1, 0.15) is 0 Å². The van der Waals surface area contributed by atoms with E-state index in [1.807, 2.05) is 30.3 Å². The molecule has 2 aromatic rings. The Balaban J connectivity index is 2.81. The van der Waals surface area contributed by atoms with E-state index < -0.39 is 0 Å². The molecule has 1 N–H and O–H groups in total. The van der Waals surface area contributed by atoms with Gasteiger partial charge in [-0.15, -0.1) is 0 Å². The second-order valence-corrected chi connectivity index (χ2v) is 3.18. The molecule has 0 aliphatic carbocycles. The third-order valence-corrected chi connectivity index (χ3v) is 2.37. The van der Waals surface area contributed by atoms with Gasteiger partial charge in [-0.05, 0) is 11.5 Å². The summed E-state index contributed by atoms with van der Waals surface area (Å²) in [6.45, 7) is 0. The minimum atomic E-state index is 0.118. The third-order valence-electron chi connectivity index (χ3n) is 2.37. The molecule has 0 radical (unpaired) electrons. The Bertz CT molecular complexity index is 491. The molecule has 0 heterocycles. The van der Waals surface area contributed by atoms with Gasteiger partial charge in [0.05, 0.1) is 14.2 Å². The van der Waals surface area contributed by atoms with Crippen LogP contribution in [0.25, 0.3) is 10.8 Å². The van der Waals surface area contributed by atoms with Gasteiger partial charge in [0.15, 0.2) is 11.5 Å². The van der Waals surface area contributed by atoms with Gasteiger partial charge < -0.3 is 14.6 Å². The Morgan fingerprint density at radius 3 is 2.47 bits per heavy atom. The second-order valence-electron chi connectivity index (χ2n) is 3.18. The topological polar surface area (TPSA) is 38.7 Å². The minimum Gasteiger partial charge on any atom is -0.504 e. The summed E-state index contributed by atoms with van der Waals surface area (Å²) in [5, 5.41) is 11.6. The van der Waals surface area contributed by atoms with Crippen LogP contribution < -0.4 is 9.47 Å². The largest absolute Gasteiger partial charge is 0.504 e. The number of benzene rings is 2. The molecule has 3 nitrogen and oxygen atoms in total. The van der Waals surface area contributed by atoms with Gasteiger partial charge in [-0.2, -0.15) is 0 Å². The first-order chi connectivity index (χ1) is 7.27. The molecule has 0 bridgehead atoms. The standard InChI is InChI=1S/C12H12O3/c1-14-10-7-8-5-3-4-6-9(8)11(13)12(10)15-2/h3-7,13H,1-2H3. The second kappa shape index (κ2) is 3.69. The molecule has 78 valence electrons. The number of hydrogen-bond acceptors (Lipinski definition) is 3. The van der Waals surface area contributed by atoms with E-state index in [9.17, 15) is 5.11 Å². The molecule has 15 heavy (non-hydrogen) atoms. The first-order valence-electron chi connectivity index (χ1n) is 4.60. The molecular formula is C12H12O3. The average Bonchev–Trinajstić information content (AvgIpc) is 2.29. The van der Waals surface area contributed by atoms with E-state index in [0.717, 1.165) is 10.8 Å². The number of phenolic OH excluding ortho intramolecular Hbond substituents is 1. The van der Waals surface area contributed by atoms with E-state index in [4.69, 9.17) is 9.47 Å². The number of ether oxygens (including phenoxy) is 2. The maximum absolute atomic E-state index is 9.96. The van der Waals surface area contributed by atoms with E-state index in [0.29, 0.717) is 11.5 Å². The molecule has 0 atom stereocenters. The minimum absolute atomic E-state index is 0.118. The number of methoxy groups -OCH3 is 2. The van der Waals surface area contributed by atoms with E-state index in [2.05, 4.69) is 0 Å². The van der Waals surface area contributed by atoms with Crippen LogP contribution >= 0.6 is 0 Å². The first kappa shape index (κ1) is 9.65. The van der Waals surface area contributed by atoms with Crippen molar-refractivity contribution in [2.45, 2.75) is 0 Å². The van der Waals surface area contributed by atoms with Gasteiger partial charge in [0.25, 0.3) is 0 Å². The van der Waals surface area contributed by atoms with Crippen molar-refractivity contribution < 1.29 is 14.6 Å². The molecule has 2 rings (SSSR count). The number of hydrogen-bond donors (Lipinski definition) is 1. The molecule has 0 saturated carbocycles. The highest BCUT2D eigenvalue weighted by Crippen LogP contribution is 2.42. The Morgan fingerprint density at radius 2 is 1.80 bits per heavy atom. The maximum atomic E-state index is 9.96. The molecule has 2 aromatic carbocycles. The molecule has 0 fully saturated rings. The summed E-state index contributed by atoms with van der Waals surface area (Å²) in [4.78, 5) is 0. The zero-order valence-corrected chi connectivity index (χ0v) is 8.65. The van der Waals surface area contributed by atoms with Crippen LogP contribution in [-0.4, -0.2) is 19.3 Å². The normalized spacial score (nSPS) is 10.3. The summed E-state index contributed by atoms with van der Waals surface area (Å²) in [6.07, 6.45) is 0. The van der Waals surface area contributed by atoms with Crippen molar-refractivity contribution in [3.8, 4) is 17.2 Å². The quantitative estimate of drug-likeness (QED) is 0.817. The molecule has 3 heteroatoms. The summed E-state index contributed by atoms with van der Waals surface area (Å²) < 4.78 is 10.2.